The van der Waals surface area contributed by atoms with Gasteiger partial charge in [0.2, 0.25) is 0 Å². The number of halogens is 1. The first-order valence-electron chi connectivity index (χ1n) is 9.86. The van der Waals surface area contributed by atoms with Crippen molar-refractivity contribution in [2.75, 3.05) is 19.6 Å². The summed E-state index contributed by atoms with van der Waals surface area (Å²) in [6.07, 6.45) is 4.16. The lowest BCUT2D eigenvalue weighted by molar-refractivity contribution is -0.138. The third-order valence-electron chi connectivity index (χ3n) is 5.38. The number of amides is 1. The van der Waals surface area contributed by atoms with Crippen LogP contribution in [-0.4, -0.2) is 46.5 Å². The van der Waals surface area contributed by atoms with Gasteiger partial charge in [-0.3, -0.25) is 4.79 Å². The lowest BCUT2D eigenvalue weighted by atomic mass is 9.98. The van der Waals surface area contributed by atoms with Gasteiger partial charge in [-0.25, -0.2) is 14.4 Å². The predicted octanol–water partition coefficient (Wildman–Crippen LogP) is 2.43. The van der Waals surface area contributed by atoms with Gasteiger partial charge in [-0.05, 0) is 38.4 Å². The van der Waals surface area contributed by atoms with Gasteiger partial charge in [0.15, 0.2) is 6.10 Å². The molecule has 2 aliphatic heterocycles. The van der Waals surface area contributed by atoms with Gasteiger partial charge in [-0.15, -0.1) is 0 Å². The van der Waals surface area contributed by atoms with Crippen molar-refractivity contribution in [3.05, 3.63) is 53.4 Å². The van der Waals surface area contributed by atoms with Gasteiger partial charge in [0.1, 0.15) is 17.4 Å². The minimum absolute atomic E-state index is 0.115. The SMILES string of the molecule is C[C@@H](Oc1cccc(F)c1)C(=O)N1CCc2nc([C@@H]3CCCNC3)ncc2C1. The van der Waals surface area contributed by atoms with Crippen LogP contribution in [0.25, 0.3) is 0 Å². The highest BCUT2D eigenvalue weighted by Crippen LogP contribution is 2.24. The van der Waals surface area contributed by atoms with Crippen molar-refractivity contribution >= 4 is 5.91 Å². The maximum absolute atomic E-state index is 13.3. The van der Waals surface area contributed by atoms with Gasteiger partial charge in [0.25, 0.3) is 5.91 Å². The Morgan fingerprint density at radius 2 is 2.32 bits per heavy atom. The Bertz CT molecular complexity index is 854. The lowest BCUT2D eigenvalue weighted by Crippen LogP contribution is -2.43. The summed E-state index contributed by atoms with van der Waals surface area (Å²) in [7, 11) is 0. The maximum atomic E-state index is 13.3. The fourth-order valence-corrected chi connectivity index (χ4v) is 3.84. The van der Waals surface area contributed by atoms with E-state index in [-0.39, 0.29) is 11.7 Å². The van der Waals surface area contributed by atoms with Crippen LogP contribution in [0, 0.1) is 5.82 Å². The van der Waals surface area contributed by atoms with Crippen LogP contribution in [-0.2, 0) is 17.8 Å². The van der Waals surface area contributed by atoms with Gasteiger partial charge in [0.05, 0.1) is 5.69 Å². The Morgan fingerprint density at radius 1 is 1.43 bits per heavy atom. The Balaban J connectivity index is 1.41. The van der Waals surface area contributed by atoms with E-state index in [0.717, 1.165) is 43.0 Å². The van der Waals surface area contributed by atoms with Crippen molar-refractivity contribution in [1.29, 1.82) is 0 Å². The summed E-state index contributed by atoms with van der Waals surface area (Å²) in [6, 6.07) is 5.84. The lowest BCUT2D eigenvalue weighted by Gasteiger charge is -2.31. The molecule has 6 nitrogen and oxygen atoms in total. The largest absolute Gasteiger partial charge is 0.481 e. The molecule has 1 N–H and O–H groups in total. The molecule has 0 radical (unpaired) electrons. The third-order valence-corrected chi connectivity index (χ3v) is 5.38. The molecule has 2 aliphatic rings. The zero-order chi connectivity index (χ0) is 19.5. The third kappa shape index (κ3) is 4.14. The molecule has 0 aliphatic carbocycles. The van der Waals surface area contributed by atoms with Crippen LogP contribution < -0.4 is 10.1 Å². The van der Waals surface area contributed by atoms with Crippen molar-refractivity contribution in [3.63, 3.8) is 0 Å². The number of carbonyl (C=O) groups excluding carboxylic acids is 1. The van der Waals surface area contributed by atoms with E-state index in [9.17, 15) is 9.18 Å². The monoisotopic (exact) mass is 384 g/mol. The summed E-state index contributed by atoms with van der Waals surface area (Å²) in [4.78, 5) is 23.9. The van der Waals surface area contributed by atoms with Crippen LogP contribution in [0.1, 0.15) is 42.8 Å². The molecule has 0 spiro atoms. The summed E-state index contributed by atoms with van der Waals surface area (Å²) in [5.41, 5.74) is 2.03. The number of rotatable bonds is 4. The number of benzene rings is 1. The Hall–Kier alpha value is -2.54. The van der Waals surface area contributed by atoms with E-state index in [1.165, 1.54) is 12.1 Å². The second kappa shape index (κ2) is 8.22. The van der Waals surface area contributed by atoms with Crippen molar-refractivity contribution in [2.24, 2.45) is 0 Å². The first-order valence-corrected chi connectivity index (χ1v) is 9.86. The molecule has 1 amide bonds. The van der Waals surface area contributed by atoms with E-state index < -0.39 is 6.10 Å². The Kier molecular flexibility index (Phi) is 5.52. The highest BCUT2D eigenvalue weighted by molar-refractivity contribution is 5.81. The highest BCUT2D eigenvalue weighted by atomic mass is 19.1. The van der Waals surface area contributed by atoms with Crippen LogP contribution >= 0.6 is 0 Å². The molecular weight excluding hydrogens is 359 g/mol. The molecule has 1 aromatic carbocycles. The zero-order valence-electron chi connectivity index (χ0n) is 16.0. The summed E-state index contributed by atoms with van der Waals surface area (Å²) in [6.45, 7) is 4.77. The van der Waals surface area contributed by atoms with E-state index in [2.05, 4.69) is 10.3 Å². The van der Waals surface area contributed by atoms with Crippen molar-refractivity contribution in [1.82, 2.24) is 20.2 Å². The van der Waals surface area contributed by atoms with E-state index in [0.29, 0.717) is 31.2 Å². The molecule has 148 valence electrons. The maximum Gasteiger partial charge on any atom is 0.263 e. The number of aromatic nitrogens is 2. The molecule has 1 fully saturated rings. The van der Waals surface area contributed by atoms with E-state index >= 15 is 0 Å². The van der Waals surface area contributed by atoms with Gasteiger partial charge in [0, 0.05) is 49.8 Å². The number of hydrogen-bond donors (Lipinski definition) is 1. The van der Waals surface area contributed by atoms with Crippen LogP contribution in [0.15, 0.2) is 30.5 Å². The normalized spacial score (nSPS) is 20.4. The molecule has 2 atom stereocenters. The molecule has 0 unspecified atom stereocenters. The quantitative estimate of drug-likeness (QED) is 0.877. The highest BCUT2D eigenvalue weighted by Gasteiger charge is 2.28. The number of nitrogens with one attached hydrogen (secondary N) is 1. The van der Waals surface area contributed by atoms with Crippen LogP contribution in [0.2, 0.25) is 0 Å². The number of carbonyl (C=O) groups is 1. The topological polar surface area (TPSA) is 67.3 Å². The number of nitrogens with zero attached hydrogens (tertiary/aromatic N) is 3. The van der Waals surface area contributed by atoms with Crippen molar-refractivity contribution in [3.8, 4) is 5.75 Å². The van der Waals surface area contributed by atoms with Crippen LogP contribution in [0.3, 0.4) is 0 Å². The molecule has 2 aromatic rings. The molecule has 1 aromatic heterocycles. The molecule has 0 bridgehead atoms. The molecule has 0 saturated carbocycles. The van der Waals surface area contributed by atoms with E-state index in [1.54, 1.807) is 24.0 Å². The molecule has 1 saturated heterocycles. The zero-order valence-corrected chi connectivity index (χ0v) is 16.0. The minimum Gasteiger partial charge on any atom is -0.481 e. The van der Waals surface area contributed by atoms with E-state index in [1.807, 2.05) is 6.20 Å². The average Bonchev–Trinajstić information content (AvgIpc) is 2.73. The minimum atomic E-state index is -0.683. The first kappa shape index (κ1) is 18.8. The van der Waals surface area contributed by atoms with Gasteiger partial charge in [-0.1, -0.05) is 6.07 Å². The van der Waals surface area contributed by atoms with Gasteiger partial charge < -0.3 is 15.0 Å². The molecule has 4 rings (SSSR count). The van der Waals surface area contributed by atoms with Gasteiger partial charge >= 0.3 is 0 Å². The molecule has 28 heavy (non-hydrogen) atoms. The second-order valence-electron chi connectivity index (χ2n) is 7.47. The number of piperidine rings is 1. The van der Waals surface area contributed by atoms with E-state index in [4.69, 9.17) is 9.72 Å². The average molecular weight is 384 g/mol. The first-order chi connectivity index (χ1) is 13.6. The summed E-state index contributed by atoms with van der Waals surface area (Å²) >= 11 is 0. The second-order valence-corrected chi connectivity index (χ2v) is 7.47. The van der Waals surface area contributed by atoms with Crippen molar-refractivity contribution < 1.29 is 13.9 Å². The number of fused-ring (bicyclic) bond motifs is 1. The van der Waals surface area contributed by atoms with Gasteiger partial charge in [-0.2, -0.15) is 0 Å². The molecule has 3 heterocycles. The Morgan fingerprint density at radius 3 is 3.11 bits per heavy atom. The summed E-state index contributed by atoms with van der Waals surface area (Å²) in [5.74, 6) is 1.14. The molecule has 7 heteroatoms. The number of ether oxygens (including phenoxy) is 1. The Labute approximate surface area is 164 Å². The van der Waals surface area contributed by atoms with Crippen molar-refractivity contribution in [2.45, 2.75) is 44.8 Å². The summed E-state index contributed by atoms with van der Waals surface area (Å²) < 4.78 is 18.9. The summed E-state index contributed by atoms with van der Waals surface area (Å²) in [5, 5.41) is 3.40. The van der Waals surface area contributed by atoms with Crippen LogP contribution in [0.5, 0.6) is 5.75 Å². The predicted molar refractivity (Wildman–Crippen MR) is 102 cm³/mol. The van der Waals surface area contributed by atoms with Crippen LogP contribution in [0.4, 0.5) is 4.39 Å². The fourth-order valence-electron chi connectivity index (χ4n) is 3.84. The smallest absolute Gasteiger partial charge is 0.263 e. The standard InChI is InChI=1S/C21H25FN4O2/c1-14(28-18-6-2-5-17(22)10-18)21(27)26-9-7-19-16(13-26)12-24-20(25-19)15-4-3-8-23-11-15/h2,5-6,10,12,14-15,23H,3-4,7-9,11,13H2,1H3/t14-,15-/m1/s1. The number of hydrogen-bond acceptors (Lipinski definition) is 5. The fraction of sp³-hybridized carbons (Fsp3) is 0.476. The molecular formula is C21H25FN4O2.